The van der Waals surface area contributed by atoms with Gasteiger partial charge < -0.3 is 4.98 Å². The molecule has 0 aliphatic rings. The van der Waals surface area contributed by atoms with Crippen LogP contribution in [0.4, 0.5) is 0 Å². The van der Waals surface area contributed by atoms with Gasteiger partial charge in [-0.05, 0) is 12.1 Å². The second-order valence-electron chi connectivity index (χ2n) is 5.36. The number of nitrogens with one attached hydrogen (secondary N) is 1. The Morgan fingerprint density at radius 2 is 1.88 bits per heavy atom. The van der Waals surface area contributed by atoms with E-state index in [2.05, 4.69) is 16.0 Å². The summed E-state index contributed by atoms with van der Waals surface area (Å²) in [4.78, 5) is 7.86. The van der Waals surface area contributed by atoms with Gasteiger partial charge in [-0.3, -0.25) is 0 Å². The Kier molecular flexibility index (Phi) is 3.70. The average molecular weight is 327 g/mol. The van der Waals surface area contributed by atoms with Gasteiger partial charge in [0.05, 0.1) is 11.3 Å². The molecular formula is C20H13N3S. The molecule has 0 radical (unpaired) electrons. The maximum absolute atomic E-state index is 9.57. The van der Waals surface area contributed by atoms with E-state index in [1.807, 2.05) is 72.3 Å². The van der Waals surface area contributed by atoms with Crippen LogP contribution in [0.25, 0.3) is 33.8 Å². The number of para-hydroxylation sites is 1. The van der Waals surface area contributed by atoms with E-state index < -0.39 is 0 Å². The van der Waals surface area contributed by atoms with Crippen molar-refractivity contribution in [3.63, 3.8) is 0 Å². The van der Waals surface area contributed by atoms with Crippen LogP contribution < -0.4 is 0 Å². The van der Waals surface area contributed by atoms with Crippen molar-refractivity contribution in [1.29, 1.82) is 5.26 Å². The van der Waals surface area contributed by atoms with Gasteiger partial charge in [-0.25, -0.2) is 4.98 Å². The highest BCUT2D eigenvalue weighted by Gasteiger charge is 2.10. The normalized spacial score (nSPS) is 11.5. The zero-order valence-electron chi connectivity index (χ0n) is 12.7. The smallest absolute Gasteiger partial charge is 0.134 e. The highest BCUT2D eigenvalue weighted by Crippen LogP contribution is 2.28. The summed E-state index contributed by atoms with van der Waals surface area (Å²) in [5, 5.41) is 13.4. The number of benzene rings is 2. The van der Waals surface area contributed by atoms with E-state index in [0.717, 1.165) is 32.7 Å². The van der Waals surface area contributed by atoms with Crippen molar-refractivity contribution in [1.82, 2.24) is 9.97 Å². The van der Waals surface area contributed by atoms with E-state index in [-0.39, 0.29) is 0 Å². The molecule has 0 saturated heterocycles. The lowest BCUT2D eigenvalue weighted by Gasteiger charge is -1.96. The van der Waals surface area contributed by atoms with Crippen molar-refractivity contribution in [3.8, 4) is 17.3 Å². The lowest BCUT2D eigenvalue weighted by atomic mass is 10.1. The third kappa shape index (κ3) is 2.62. The standard InChI is InChI=1S/C20H13N3S/c21-11-15(10-16-12-22-18-9-5-4-8-17(16)18)20-23-19(13-24-20)14-6-2-1-3-7-14/h1-10,12-13,22H. The SMILES string of the molecule is N#CC(=Cc1c[nH]c2ccccc12)c1nc(-c2ccccc2)cs1. The number of hydrogen-bond donors (Lipinski definition) is 1. The largest absolute Gasteiger partial charge is 0.361 e. The van der Waals surface area contributed by atoms with E-state index in [4.69, 9.17) is 0 Å². The second kappa shape index (κ2) is 6.15. The summed E-state index contributed by atoms with van der Waals surface area (Å²) in [6, 6.07) is 20.3. The van der Waals surface area contributed by atoms with Crippen LogP contribution in [0, 0.1) is 11.3 Å². The summed E-state index contributed by atoms with van der Waals surface area (Å²) >= 11 is 1.49. The number of nitrogens with zero attached hydrogens (tertiary/aromatic N) is 2. The summed E-state index contributed by atoms with van der Waals surface area (Å²) < 4.78 is 0. The van der Waals surface area contributed by atoms with Gasteiger partial charge in [-0.1, -0.05) is 48.5 Å². The van der Waals surface area contributed by atoms with Crippen LogP contribution in [-0.2, 0) is 0 Å². The van der Waals surface area contributed by atoms with Crippen molar-refractivity contribution in [2.75, 3.05) is 0 Å². The Hall–Kier alpha value is -3.16. The first-order valence-corrected chi connectivity index (χ1v) is 8.42. The first-order chi connectivity index (χ1) is 11.8. The molecule has 2 aromatic carbocycles. The first kappa shape index (κ1) is 14.4. The number of aromatic nitrogens is 2. The molecule has 24 heavy (non-hydrogen) atoms. The van der Waals surface area contributed by atoms with Crippen LogP contribution in [0.5, 0.6) is 0 Å². The topological polar surface area (TPSA) is 52.5 Å². The maximum Gasteiger partial charge on any atom is 0.134 e. The quantitative estimate of drug-likeness (QED) is 0.515. The van der Waals surface area contributed by atoms with Crippen LogP contribution in [0.1, 0.15) is 10.6 Å². The van der Waals surface area contributed by atoms with E-state index in [9.17, 15) is 5.26 Å². The molecule has 0 spiro atoms. The molecule has 4 aromatic rings. The van der Waals surface area contributed by atoms with Gasteiger partial charge in [0.2, 0.25) is 0 Å². The second-order valence-corrected chi connectivity index (χ2v) is 6.22. The number of thiazole rings is 1. The predicted molar refractivity (Wildman–Crippen MR) is 99.3 cm³/mol. The van der Waals surface area contributed by atoms with Crippen LogP contribution in [0.3, 0.4) is 0 Å². The molecule has 4 rings (SSSR count). The fourth-order valence-electron chi connectivity index (χ4n) is 2.65. The maximum atomic E-state index is 9.57. The zero-order chi connectivity index (χ0) is 16.4. The Morgan fingerprint density at radius 1 is 1.08 bits per heavy atom. The monoisotopic (exact) mass is 327 g/mol. The molecule has 4 heteroatoms. The van der Waals surface area contributed by atoms with Crippen LogP contribution in [-0.4, -0.2) is 9.97 Å². The molecule has 2 aromatic heterocycles. The van der Waals surface area contributed by atoms with Crippen LogP contribution >= 0.6 is 11.3 Å². The van der Waals surface area contributed by atoms with Gasteiger partial charge in [0.1, 0.15) is 11.1 Å². The number of H-pyrrole nitrogens is 1. The average Bonchev–Trinajstić information content (AvgIpc) is 3.28. The Labute approximate surface area is 143 Å². The number of rotatable bonds is 3. The van der Waals surface area contributed by atoms with Gasteiger partial charge >= 0.3 is 0 Å². The summed E-state index contributed by atoms with van der Waals surface area (Å²) in [6.07, 6.45) is 3.82. The van der Waals surface area contributed by atoms with Gasteiger partial charge in [0.25, 0.3) is 0 Å². The summed E-state index contributed by atoms with van der Waals surface area (Å²) in [7, 11) is 0. The molecule has 3 nitrogen and oxygen atoms in total. The molecule has 0 atom stereocenters. The molecule has 0 saturated carbocycles. The Bertz CT molecular complexity index is 1060. The summed E-state index contributed by atoms with van der Waals surface area (Å²) in [5.74, 6) is 0. The minimum absolute atomic E-state index is 0.576. The molecule has 0 fully saturated rings. The number of aromatic amines is 1. The first-order valence-electron chi connectivity index (χ1n) is 7.54. The number of nitriles is 1. The van der Waals surface area contributed by atoms with E-state index in [1.54, 1.807) is 0 Å². The van der Waals surface area contributed by atoms with Crippen molar-refractivity contribution in [2.24, 2.45) is 0 Å². The lowest BCUT2D eigenvalue weighted by Crippen LogP contribution is -1.82. The molecule has 0 aliphatic carbocycles. The molecule has 0 bridgehead atoms. The minimum atomic E-state index is 0.576. The number of hydrogen-bond acceptors (Lipinski definition) is 3. The van der Waals surface area contributed by atoms with E-state index in [1.165, 1.54) is 11.3 Å². The lowest BCUT2D eigenvalue weighted by molar-refractivity contribution is 1.37. The van der Waals surface area contributed by atoms with Crippen LogP contribution in [0.2, 0.25) is 0 Å². The van der Waals surface area contributed by atoms with Crippen molar-refractivity contribution in [2.45, 2.75) is 0 Å². The minimum Gasteiger partial charge on any atom is -0.361 e. The summed E-state index contributed by atoms with van der Waals surface area (Å²) in [5.41, 5.74) is 4.59. The molecule has 1 N–H and O–H groups in total. The van der Waals surface area contributed by atoms with Gasteiger partial charge in [0.15, 0.2) is 0 Å². The molecule has 0 aliphatic heterocycles. The van der Waals surface area contributed by atoms with Crippen LogP contribution in [0.15, 0.2) is 66.2 Å². The highest BCUT2D eigenvalue weighted by atomic mass is 32.1. The number of fused-ring (bicyclic) bond motifs is 1. The van der Waals surface area contributed by atoms with E-state index >= 15 is 0 Å². The van der Waals surface area contributed by atoms with Gasteiger partial charge in [0, 0.05) is 33.6 Å². The Morgan fingerprint density at radius 3 is 2.71 bits per heavy atom. The summed E-state index contributed by atoms with van der Waals surface area (Å²) in [6.45, 7) is 0. The highest BCUT2D eigenvalue weighted by molar-refractivity contribution is 7.11. The third-order valence-corrected chi connectivity index (χ3v) is 4.72. The molecule has 0 unspecified atom stereocenters. The van der Waals surface area contributed by atoms with Crippen molar-refractivity contribution < 1.29 is 0 Å². The Balaban J connectivity index is 1.74. The number of allylic oxidation sites excluding steroid dienone is 1. The fourth-order valence-corrected chi connectivity index (χ4v) is 3.44. The molecule has 114 valence electrons. The fraction of sp³-hybridized carbons (Fsp3) is 0. The third-order valence-electron chi connectivity index (χ3n) is 3.85. The predicted octanol–water partition coefficient (Wildman–Crippen LogP) is 5.36. The molecule has 0 amide bonds. The van der Waals surface area contributed by atoms with E-state index in [0.29, 0.717) is 5.57 Å². The molecule has 2 heterocycles. The zero-order valence-corrected chi connectivity index (χ0v) is 13.5. The van der Waals surface area contributed by atoms with Gasteiger partial charge in [-0.2, -0.15) is 5.26 Å². The van der Waals surface area contributed by atoms with Crippen molar-refractivity contribution >= 4 is 33.9 Å². The van der Waals surface area contributed by atoms with Crippen molar-refractivity contribution in [3.05, 3.63) is 76.7 Å². The van der Waals surface area contributed by atoms with Gasteiger partial charge in [-0.15, -0.1) is 11.3 Å². The molecular weight excluding hydrogens is 314 g/mol.